The third kappa shape index (κ3) is 2.51. The Bertz CT molecular complexity index is 405. The SMILES string of the molecule is COCC(C)N1C(=O)CNC1c1ccc(C)s1. The van der Waals surface area contributed by atoms with Crippen molar-refractivity contribution in [3.8, 4) is 0 Å². The van der Waals surface area contributed by atoms with E-state index in [1.165, 1.54) is 9.75 Å². The van der Waals surface area contributed by atoms with Gasteiger partial charge in [-0.15, -0.1) is 11.3 Å². The average molecular weight is 254 g/mol. The Morgan fingerprint density at radius 2 is 2.41 bits per heavy atom. The topological polar surface area (TPSA) is 41.6 Å². The minimum atomic E-state index is 0.00588. The van der Waals surface area contributed by atoms with Crippen LogP contribution in [-0.4, -0.2) is 37.1 Å². The smallest absolute Gasteiger partial charge is 0.238 e. The third-order valence-electron chi connectivity index (χ3n) is 2.93. The molecule has 1 amide bonds. The Hall–Kier alpha value is -0.910. The lowest BCUT2D eigenvalue weighted by Gasteiger charge is -2.29. The van der Waals surface area contributed by atoms with Gasteiger partial charge in [-0.05, 0) is 26.0 Å². The van der Waals surface area contributed by atoms with Crippen molar-refractivity contribution in [1.82, 2.24) is 10.2 Å². The highest BCUT2D eigenvalue weighted by atomic mass is 32.1. The van der Waals surface area contributed by atoms with Crippen LogP contribution in [-0.2, 0) is 9.53 Å². The summed E-state index contributed by atoms with van der Waals surface area (Å²) in [7, 11) is 1.66. The van der Waals surface area contributed by atoms with E-state index in [1.54, 1.807) is 18.4 Å². The van der Waals surface area contributed by atoms with Gasteiger partial charge in [0.05, 0.1) is 19.2 Å². The van der Waals surface area contributed by atoms with Gasteiger partial charge in [-0.25, -0.2) is 0 Å². The number of hydrogen-bond donors (Lipinski definition) is 1. The van der Waals surface area contributed by atoms with Crippen LogP contribution >= 0.6 is 11.3 Å². The zero-order valence-corrected chi connectivity index (χ0v) is 11.2. The van der Waals surface area contributed by atoms with Crippen molar-refractivity contribution in [1.29, 1.82) is 0 Å². The molecule has 1 aromatic heterocycles. The molecule has 2 unspecified atom stereocenters. The lowest BCUT2D eigenvalue weighted by molar-refractivity contribution is -0.131. The van der Waals surface area contributed by atoms with Gasteiger partial charge in [0, 0.05) is 16.9 Å². The number of ether oxygens (including phenoxy) is 1. The van der Waals surface area contributed by atoms with Crippen LogP contribution in [0.15, 0.2) is 12.1 Å². The predicted molar refractivity (Wildman–Crippen MR) is 68.0 cm³/mol. The van der Waals surface area contributed by atoms with Crippen molar-refractivity contribution >= 4 is 17.2 Å². The number of amides is 1. The van der Waals surface area contributed by atoms with Crippen molar-refractivity contribution in [3.63, 3.8) is 0 Å². The van der Waals surface area contributed by atoms with Gasteiger partial charge >= 0.3 is 0 Å². The Morgan fingerprint density at radius 1 is 1.65 bits per heavy atom. The largest absolute Gasteiger partial charge is 0.383 e. The van der Waals surface area contributed by atoms with Gasteiger partial charge in [0.25, 0.3) is 0 Å². The van der Waals surface area contributed by atoms with E-state index < -0.39 is 0 Å². The molecular formula is C12H18N2O2S. The quantitative estimate of drug-likeness (QED) is 0.886. The maximum atomic E-state index is 11.9. The summed E-state index contributed by atoms with van der Waals surface area (Å²) in [6.07, 6.45) is 0.00588. The molecule has 1 aliphatic rings. The van der Waals surface area contributed by atoms with Crippen molar-refractivity contribution in [2.75, 3.05) is 20.3 Å². The first-order chi connectivity index (χ1) is 8.13. The van der Waals surface area contributed by atoms with Crippen molar-refractivity contribution < 1.29 is 9.53 Å². The molecule has 1 N–H and O–H groups in total. The highest BCUT2D eigenvalue weighted by molar-refractivity contribution is 7.12. The number of nitrogens with zero attached hydrogens (tertiary/aromatic N) is 1. The summed E-state index contributed by atoms with van der Waals surface area (Å²) < 4.78 is 5.14. The van der Waals surface area contributed by atoms with Crippen molar-refractivity contribution in [2.24, 2.45) is 0 Å². The van der Waals surface area contributed by atoms with E-state index in [2.05, 4.69) is 24.4 Å². The Balaban J connectivity index is 2.18. The normalized spacial score (nSPS) is 22.2. The summed E-state index contributed by atoms with van der Waals surface area (Å²) in [6.45, 7) is 5.07. The number of nitrogens with one attached hydrogen (secondary N) is 1. The van der Waals surface area contributed by atoms with E-state index in [0.29, 0.717) is 13.2 Å². The van der Waals surface area contributed by atoms with Gasteiger partial charge < -0.3 is 9.64 Å². The third-order valence-corrected chi connectivity index (χ3v) is 3.98. The Morgan fingerprint density at radius 3 is 3.00 bits per heavy atom. The molecule has 1 aromatic rings. The fraction of sp³-hybridized carbons (Fsp3) is 0.583. The second-order valence-electron chi connectivity index (χ2n) is 4.34. The second kappa shape index (κ2) is 5.16. The summed E-state index contributed by atoms with van der Waals surface area (Å²) in [5, 5.41) is 3.26. The molecule has 94 valence electrons. The van der Waals surface area contributed by atoms with Crippen LogP contribution in [0.3, 0.4) is 0 Å². The second-order valence-corrected chi connectivity index (χ2v) is 5.66. The Labute approximate surface area is 106 Å². The Kier molecular flexibility index (Phi) is 3.81. The van der Waals surface area contributed by atoms with Gasteiger partial charge in [0.15, 0.2) is 0 Å². The van der Waals surface area contributed by atoms with Crippen LogP contribution < -0.4 is 5.32 Å². The zero-order chi connectivity index (χ0) is 12.4. The first-order valence-electron chi connectivity index (χ1n) is 5.73. The summed E-state index contributed by atoms with van der Waals surface area (Å²) in [4.78, 5) is 16.2. The minimum absolute atomic E-state index is 0.00588. The summed E-state index contributed by atoms with van der Waals surface area (Å²) in [5.41, 5.74) is 0. The fourth-order valence-electron chi connectivity index (χ4n) is 2.18. The van der Waals surface area contributed by atoms with Gasteiger partial charge in [-0.2, -0.15) is 0 Å². The van der Waals surface area contributed by atoms with E-state index in [1.807, 2.05) is 11.8 Å². The van der Waals surface area contributed by atoms with E-state index >= 15 is 0 Å². The molecule has 0 bridgehead atoms. The molecule has 0 aliphatic carbocycles. The van der Waals surface area contributed by atoms with E-state index in [9.17, 15) is 4.79 Å². The molecular weight excluding hydrogens is 236 g/mol. The number of hydrogen-bond acceptors (Lipinski definition) is 4. The first-order valence-corrected chi connectivity index (χ1v) is 6.55. The van der Waals surface area contributed by atoms with Gasteiger partial charge in [-0.3, -0.25) is 10.1 Å². The van der Waals surface area contributed by atoms with Crippen molar-refractivity contribution in [3.05, 3.63) is 21.9 Å². The lowest BCUT2D eigenvalue weighted by Crippen LogP contribution is -2.40. The van der Waals surface area contributed by atoms with Crippen LogP contribution in [0, 0.1) is 6.92 Å². The molecule has 4 nitrogen and oxygen atoms in total. The van der Waals surface area contributed by atoms with Crippen LogP contribution in [0.25, 0.3) is 0 Å². The molecule has 17 heavy (non-hydrogen) atoms. The molecule has 2 heterocycles. The predicted octanol–water partition coefficient (Wildman–Crippen LogP) is 1.52. The summed E-state index contributed by atoms with van der Waals surface area (Å²) >= 11 is 1.73. The number of methoxy groups -OCH3 is 1. The number of carbonyl (C=O) groups is 1. The number of carbonyl (C=O) groups excluding carboxylic acids is 1. The van der Waals surface area contributed by atoms with E-state index in [0.717, 1.165) is 0 Å². The highest BCUT2D eigenvalue weighted by Gasteiger charge is 2.35. The molecule has 2 atom stereocenters. The van der Waals surface area contributed by atoms with Crippen LogP contribution in [0.1, 0.15) is 22.8 Å². The van der Waals surface area contributed by atoms with Crippen LogP contribution in [0.4, 0.5) is 0 Å². The molecule has 0 aromatic carbocycles. The highest BCUT2D eigenvalue weighted by Crippen LogP contribution is 2.29. The molecule has 0 saturated carbocycles. The number of rotatable bonds is 4. The van der Waals surface area contributed by atoms with E-state index in [-0.39, 0.29) is 18.1 Å². The fourth-order valence-corrected chi connectivity index (χ4v) is 3.13. The number of aryl methyl sites for hydroxylation is 1. The molecule has 5 heteroatoms. The van der Waals surface area contributed by atoms with Crippen LogP contribution in [0.5, 0.6) is 0 Å². The average Bonchev–Trinajstić information content (AvgIpc) is 2.85. The maximum absolute atomic E-state index is 11.9. The van der Waals surface area contributed by atoms with Crippen molar-refractivity contribution in [2.45, 2.75) is 26.1 Å². The monoisotopic (exact) mass is 254 g/mol. The molecule has 1 aliphatic heterocycles. The first kappa shape index (κ1) is 12.5. The van der Waals surface area contributed by atoms with Gasteiger partial charge in [-0.1, -0.05) is 0 Å². The minimum Gasteiger partial charge on any atom is -0.383 e. The maximum Gasteiger partial charge on any atom is 0.238 e. The number of thiophene rings is 1. The van der Waals surface area contributed by atoms with E-state index in [4.69, 9.17) is 4.74 Å². The molecule has 0 spiro atoms. The molecule has 1 fully saturated rings. The summed E-state index contributed by atoms with van der Waals surface area (Å²) in [5.74, 6) is 0.144. The van der Waals surface area contributed by atoms with Gasteiger partial charge in [0.1, 0.15) is 6.17 Å². The molecule has 0 radical (unpaired) electrons. The van der Waals surface area contributed by atoms with Gasteiger partial charge in [0.2, 0.25) is 5.91 Å². The zero-order valence-electron chi connectivity index (χ0n) is 10.4. The lowest BCUT2D eigenvalue weighted by atomic mass is 10.2. The van der Waals surface area contributed by atoms with Crippen LogP contribution in [0.2, 0.25) is 0 Å². The summed E-state index contributed by atoms with van der Waals surface area (Å²) in [6, 6.07) is 4.27. The molecule has 2 rings (SSSR count). The standard InChI is InChI=1S/C12H18N2O2S/c1-8(7-16-3)14-11(15)6-13-12(14)10-5-4-9(2)17-10/h4-5,8,12-13H,6-7H2,1-3H3. The molecule has 1 saturated heterocycles.